The van der Waals surface area contributed by atoms with Gasteiger partial charge in [0.25, 0.3) is 0 Å². The summed E-state index contributed by atoms with van der Waals surface area (Å²) in [5.41, 5.74) is 0.930. The molecule has 2 rings (SSSR count). The number of halogens is 3. The number of hydrogen-bond acceptors (Lipinski definition) is 3. The summed E-state index contributed by atoms with van der Waals surface area (Å²) in [5, 5.41) is 0. The molecule has 1 aromatic rings. The van der Waals surface area contributed by atoms with Gasteiger partial charge in [-0.15, -0.1) is 13.2 Å². The maximum Gasteiger partial charge on any atom is 0.573 e. The number of rotatable bonds is 6. The third-order valence-electron chi connectivity index (χ3n) is 4.26. The summed E-state index contributed by atoms with van der Waals surface area (Å²) in [5.74, 6) is -0.419. The van der Waals surface area contributed by atoms with Crippen molar-refractivity contribution in [3.05, 3.63) is 29.8 Å². The molecule has 0 aromatic heterocycles. The van der Waals surface area contributed by atoms with E-state index >= 15 is 0 Å². The smallest absolute Gasteiger partial charge is 0.469 e. The molecule has 0 saturated heterocycles. The second kappa shape index (κ2) is 6.58. The van der Waals surface area contributed by atoms with Gasteiger partial charge in [-0.05, 0) is 48.8 Å². The largest absolute Gasteiger partial charge is 0.573 e. The second-order valence-corrected chi connectivity index (χ2v) is 5.80. The number of aryl methyl sites for hydroxylation is 1. The highest BCUT2D eigenvalue weighted by molar-refractivity contribution is 5.70. The summed E-state index contributed by atoms with van der Waals surface area (Å²) in [6.07, 6.45) is 0.408. The Morgan fingerprint density at radius 2 is 1.86 bits per heavy atom. The van der Waals surface area contributed by atoms with E-state index in [0.29, 0.717) is 6.42 Å². The maximum absolute atomic E-state index is 12.1. The Labute approximate surface area is 127 Å². The summed E-state index contributed by atoms with van der Waals surface area (Å²) in [6.45, 7) is 0. The lowest BCUT2D eigenvalue weighted by Gasteiger charge is -2.41. The van der Waals surface area contributed by atoms with Gasteiger partial charge in [0.1, 0.15) is 5.75 Å². The van der Waals surface area contributed by atoms with E-state index in [4.69, 9.17) is 4.74 Å². The fraction of sp³-hybridized carbons (Fsp3) is 0.562. The van der Waals surface area contributed by atoms with Crippen LogP contribution < -0.4 is 4.74 Å². The molecular weight excluding hydrogens is 297 g/mol. The van der Waals surface area contributed by atoms with Gasteiger partial charge in [-0.1, -0.05) is 18.6 Å². The minimum Gasteiger partial charge on any atom is -0.469 e. The summed E-state index contributed by atoms with van der Waals surface area (Å²) >= 11 is 0. The number of benzene rings is 1. The molecule has 1 saturated carbocycles. The predicted molar refractivity (Wildman–Crippen MR) is 74.4 cm³/mol. The summed E-state index contributed by atoms with van der Waals surface area (Å²) in [6, 6.07) is 5.89. The van der Waals surface area contributed by atoms with Crippen molar-refractivity contribution in [3.8, 4) is 5.75 Å². The molecule has 0 radical (unpaired) electrons. The van der Waals surface area contributed by atoms with Gasteiger partial charge in [0.2, 0.25) is 0 Å². The van der Waals surface area contributed by atoms with Crippen molar-refractivity contribution in [2.24, 2.45) is 5.41 Å². The minimum absolute atomic E-state index is 0.00572. The van der Waals surface area contributed by atoms with Crippen LogP contribution in [0.1, 0.15) is 37.7 Å². The van der Waals surface area contributed by atoms with Crippen molar-refractivity contribution < 1.29 is 27.4 Å². The molecule has 1 aliphatic rings. The maximum atomic E-state index is 12.1. The standard InChI is InChI=1S/C16H19F3O3/c1-21-14(20)11-15(8-2-9-15)10-7-12-3-5-13(6-4-12)22-16(17,18)19/h3-6H,2,7-11H2,1H3. The molecule has 6 heteroatoms. The molecule has 1 fully saturated rings. The van der Waals surface area contributed by atoms with E-state index in [9.17, 15) is 18.0 Å². The highest BCUT2D eigenvalue weighted by atomic mass is 19.4. The Balaban J connectivity index is 1.89. The van der Waals surface area contributed by atoms with Crippen LogP contribution in [0.25, 0.3) is 0 Å². The first-order chi connectivity index (χ1) is 10.3. The third-order valence-corrected chi connectivity index (χ3v) is 4.26. The molecule has 0 aliphatic heterocycles. The van der Waals surface area contributed by atoms with Gasteiger partial charge in [-0.25, -0.2) is 0 Å². The molecule has 0 amide bonds. The van der Waals surface area contributed by atoms with Gasteiger partial charge in [-0.3, -0.25) is 4.79 Å². The summed E-state index contributed by atoms with van der Waals surface area (Å²) in [4.78, 5) is 11.5. The van der Waals surface area contributed by atoms with Crippen LogP contribution in [0, 0.1) is 5.41 Å². The first-order valence-corrected chi connectivity index (χ1v) is 7.23. The average Bonchev–Trinajstić information content (AvgIpc) is 2.41. The van der Waals surface area contributed by atoms with Crippen LogP contribution >= 0.6 is 0 Å². The van der Waals surface area contributed by atoms with E-state index in [0.717, 1.165) is 37.7 Å². The molecule has 0 atom stereocenters. The Hall–Kier alpha value is -1.72. The van der Waals surface area contributed by atoms with Gasteiger partial charge in [0, 0.05) is 0 Å². The van der Waals surface area contributed by atoms with E-state index in [1.165, 1.54) is 19.2 Å². The topological polar surface area (TPSA) is 35.5 Å². The van der Waals surface area contributed by atoms with E-state index in [2.05, 4.69) is 4.74 Å². The lowest BCUT2D eigenvalue weighted by molar-refractivity contribution is -0.274. The fourth-order valence-electron chi connectivity index (χ4n) is 2.84. The van der Waals surface area contributed by atoms with E-state index in [1.807, 2.05) is 0 Å². The van der Waals surface area contributed by atoms with Crippen molar-refractivity contribution in [2.45, 2.75) is 44.9 Å². The quantitative estimate of drug-likeness (QED) is 0.736. The number of carbonyl (C=O) groups is 1. The predicted octanol–water partition coefficient (Wildman–Crippen LogP) is 4.25. The van der Waals surface area contributed by atoms with Crippen molar-refractivity contribution in [3.63, 3.8) is 0 Å². The van der Waals surface area contributed by atoms with E-state index < -0.39 is 6.36 Å². The van der Waals surface area contributed by atoms with Crippen LogP contribution in [0.3, 0.4) is 0 Å². The lowest BCUT2D eigenvalue weighted by atomic mass is 9.64. The van der Waals surface area contributed by atoms with Crippen LogP contribution in [-0.4, -0.2) is 19.4 Å². The Morgan fingerprint density at radius 1 is 1.23 bits per heavy atom. The zero-order valence-electron chi connectivity index (χ0n) is 12.4. The molecule has 3 nitrogen and oxygen atoms in total. The molecule has 0 bridgehead atoms. The molecule has 1 aliphatic carbocycles. The van der Waals surface area contributed by atoms with Crippen molar-refractivity contribution in [2.75, 3.05) is 7.11 Å². The fourth-order valence-corrected chi connectivity index (χ4v) is 2.84. The second-order valence-electron chi connectivity index (χ2n) is 5.80. The first-order valence-electron chi connectivity index (χ1n) is 7.23. The van der Waals surface area contributed by atoms with E-state index in [-0.39, 0.29) is 17.1 Å². The average molecular weight is 316 g/mol. The molecule has 122 valence electrons. The highest BCUT2D eigenvalue weighted by Gasteiger charge is 2.38. The normalized spacial score (nSPS) is 16.7. The summed E-state index contributed by atoms with van der Waals surface area (Å²) < 4.78 is 44.8. The Kier molecular flexibility index (Phi) is 4.98. The minimum atomic E-state index is -4.67. The SMILES string of the molecule is COC(=O)CC1(CCc2ccc(OC(F)(F)F)cc2)CCC1. The number of methoxy groups -OCH3 is 1. The van der Waals surface area contributed by atoms with Crippen LogP contribution in [0.15, 0.2) is 24.3 Å². The van der Waals surface area contributed by atoms with Crippen molar-refractivity contribution in [1.82, 2.24) is 0 Å². The van der Waals surface area contributed by atoms with Gasteiger partial charge in [-0.2, -0.15) is 0 Å². The molecule has 0 heterocycles. The molecule has 0 N–H and O–H groups in total. The third kappa shape index (κ3) is 4.64. The van der Waals surface area contributed by atoms with Crippen molar-refractivity contribution >= 4 is 5.97 Å². The number of hydrogen-bond donors (Lipinski definition) is 0. The zero-order chi connectivity index (χ0) is 16.2. The van der Waals surface area contributed by atoms with Crippen LogP contribution in [0.4, 0.5) is 13.2 Å². The van der Waals surface area contributed by atoms with Gasteiger partial charge in [0.05, 0.1) is 13.5 Å². The zero-order valence-corrected chi connectivity index (χ0v) is 12.4. The van der Waals surface area contributed by atoms with Crippen molar-refractivity contribution in [1.29, 1.82) is 0 Å². The number of carbonyl (C=O) groups excluding carboxylic acids is 1. The number of alkyl halides is 3. The van der Waals surface area contributed by atoms with Crippen LogP contribution in [0.5, 0.6) is 5.75 Å². The highest BCUT2D eigenvalue weighted by Crippen LogP contribution is 2.47. The number of ether oxygens (including phenoxy) is 2. The molecule has 1 aromatic carbocycles. The molecular formula is C16H19F3O3. The van der Waals surface area contributed by atoms with E-state index in [1.54, 1.807) is 12.1 Å². The Morgan fingerprint density at radius 3 is 2.32 bits per heavy atom. The van der Waals surface area contributed by atoms with Gasteiger partial charge >= 0.3 is 12.3 Å². The lowest BCUT2D eigenvalue weighted by Crippen LogP contribution is -2.33. The first kappa shape index (κ1) is 16.6. The van der Waals surface area contributed by atoms with Crippen LogP contribution in [-0.2, 0) is 16.0 Å². The molecule has 0 spiro atoms. The summed E-state index contributed by atoms with van der Waals surface area (Å²) in [7, 11) is 1.38. The van der Waals surface area contributed by atoms with Gasteiger partial charge < -0.3 is 9.47 Å². The Bertz CT molecular complexity index is 504. The molecule has 0 unspecified atom stereocenters. The molecule has 22 heavy (non-hydrogen) atoms. The van der Waals surface area contributed by atoms with Crippen LogP contribution in [0.2, 0.25) is 0 Å². The number of esters is 1. The van der Waals surface area contributed by atoms with Gasteiger partial charge in [0.15, 0.2) is 0 Å². The monoisotopic (exact) mass is 316 g/mol.